The molecule has 3 aliphatic rings. The lowest BCUT2D eigenvalue weighted by atomic mass is 9.80. The molecule has 6 N–H and O–H groups in total. The fourth-order valence-electron chi connectivity index (χ4n) is 16.6. The van der Waals surface area contributed by atoms with Crippen LogP contribution in [0.4, 0.5) is 0 Å². The van der Waals surface area contributed by atoms with E-state index in [-0.39, 0.29) is 146 Å². The number of aliphatic carboxylic acids is 1. The topological polar surface area (TPSA) is 491 Å². The fourth-order valence-corrected chi connectivity index (χ4v) is 16.6. The summed E-state index contributed by atoms with van der Waals surface area (Å²) >= 11 is 0. The van der Waals surface area contributed by atoms with Crippen LogP contribution in [0.15, 0.2) is 78.9 Å². The Bertz CT molecular complexity index is 4220. The summed E-state index contributed by atoms with van der Waals surface area (Å²) in [5, 5.41) is 24.3. The summed E-state index contributed by atoms with van der Waals surface area (Å²) in [5.74, 6) is -8.85. The molecule has 39 nitrogen and oxygen atoms in total. The molecule has 39 heteroatoms. The lowest BCUT2D eigenvalue weighted by Gasteiger charge is -2.44. The number of hydrogen-bond acceptors (Lipinski definition) is 31. The Hall–Kier alpha value is -11.0. The molecule has 7 amide bonds. The monoisotopic (exact) mass is 1920 g/mol. The molecule has 3 heterocycles. The second-order valence-corrected chi connectivity index (χ2v) is 34.3. The quantitative estimate of drug-likeness (QED) is 0.0136. The highest BCUT2D eigenvalue weighted by Crippen LogP contribution is 2.43. The van der Waals surface area contributed by atoms with Gasteiger partial charge >= 0.3 is 47.8 Å². The van der Waals surface area contributed by atoms with Gasteiger partial charge in [0.25, 0.3) is 5.91 Å². The molecule has 6 rings (SSSR count). The van der Waals surface area contributed by atoms with Crippen molar-refractivity contribution < 1.29 is 153 Å². The predicted octanol–water partition coefficient (Wildman–Crippen LogP) is 7.83. The van der Waals surface area contributed by atoms with E-state index >= 15 is 4.79 Å². The number of carbonyl (C=O) groups is 15. The van der Waals surface area contributed by atoms with Gasteiger partial charge < -0.3 is 117 Å². The third-order valence-corrected chi connectivity index (χ3v) is 23.3. The molecule has 7 unspecified atom stereocenters. The normalized spacial score (nSPS) is 21.5. The fraction of sp³-hybridized carbons (Fsp3) is 0.660. The van der Waals surface area contributed by atoms with Crippen molar-refractivity contribution in [2.24, 2.45) is 17.8 Å². The van der Waals surface area contributed by atoms with Crippen molar-refractivity contribution in [3.63, 3.8) is 0 Å². The van der Waals surface area contributed by atoms with Gasteiger partial charge in [0.05, 0.1) is 51.8 Å². The van der Waals surface area contributed by atoms with Crippen LogP contribution in [0.1, 0.15) is 228 Å². The Morgan fingerprint density at radius 2 is 0.743 bits per heavy atom. The van der Waals surface area contributed by atoms with E-state index in [1.165, 1.54) is 81.4 Å². The minimum atomic E-state index is -1.74. The van der Waals surface area contributed by atoms with Crippen LogP contribution >= 0.6 is 0 Å². The minimum Gasteiger partial charge on any atom is -0.497 e. The van der Waals surface area contributed by atoms with E-state index in [2.05, 4.69) is 26.6 Å². The van der Waals surface area contributed by atoms with Gasteiger partial charge in [-0.3, -0.25) is 71.9 Å². The number of rotatable bonds is 61. The van der Waals surface area contributed by atoms with E-state index in [0.29, 0.717) is 112 Å². The Kier molecular flexibility index (Phi) is 50.7. The first-order valence-corrected chi connectivity index (χ1v) is 47.0. The Balaban J connectivity index is 1.21. The van der Waals surface area contributed by atoms with E-state index in [4.69, 9.17) is 75.8 Å². The largest absolute Gasteiger partial charge is 0.497 e. The van der Waals surface area contributed by atoms with Crippen LogP contribution in [0.5, 0.6) is 11.5 Å². The van der Waals surface area contributed by atoms with E-state index in [1.54, 1.807) is 74.2 Å². The van der Waals surface area contributed by atoms with Crippen LogP contribution < -0.4 is 36.1 Å². The van der Waals surface area contributed by atoms with Crippen molar-refractivity contribution in [1.82, 2.24) is 36.4 Å². The number of unbranched alkanes of at least 4 members (excludes halogenated alkanes) is 9. The van der Waals surface area contributed by atoms with Crippen LogP contribution in [-0.4, -0.2) is 283 Å². The molecule has 0 spiro atoms. The van der Waals surface area contributed by atoms with Crippen molar-refractivity contribution in [3.8, 4) is 11.5 Å². The maximum atomic E-state index is 15.8. The number of esters is 7. The molecule has 3 saturated heterocycles. The van der Waals surface area contributed by atoms with Crippen molar-refractivity contribution in [3.05, 3.63) is 95.6 Å². The summed E-state index contributed by atoms with van der Waals surface area (Å²) in [4.78, 5) is 196. The summed E-state index contributed by atoms with van der Waals surface area (Å²) in [6.45, 7) is 16.4. The number of nitrogens with zero attached hydrogens (tertiary/aromatic N) is 2. The number of carbonyl (C=O) groups excluding carboxylic acids is 14. The van der Waals surface area contributed by atoms with Crippen LogP contribution in [0.25, 0.3) is 0 Å². The third kappa shape index (κ3) is 39.6. The van der Waals surface area contributed by atoms with E-state index in [1.807, 2.05) is 30.3 Å². The molecule has 0 bridgehead atoms. The van der Waals surface area contributed by atoms with Gasteiger partial charge in [-0.25, -0.2) is 0 Å². The molecule has 0 radical (unpaired) electrons. The number of hydrogen-bond donors (Lipinski definition) is 6. The number of benzene rings is 3. The molecule has 3 aromatic rings. The molecular weight excluding hydrogens is 1780 g/mol. The average Bonchev–Trinajstić information content (AvgIpc) is 0.750. The van der Waals surface area contributed by atoms with Gasteiger partial charge in [0.15, 0.2) is 18.9 Å². The smallest absolute Gasteiger partial charge is 0.307 e. The van der Waals surface area contributed by atoms with Crippen molar-refractivity contribution in [2.45, 2.75) is 297 Å². The Labute approximate surface area is 796 Å². The maximum absolute atomic E-state index is 15.8. The second kappa shape index (κ2) is 60.6. The number of amides is 7. The molecule has 136 heavy (non-hydrogen) atoms. The van der Waals surface area contributed by atoms with Gasteiger partial charge in [-0.15, -0.1) is 0 Å². The molecule has 0 aliphatic carbocycles. The Morgan fingerprint density at radius 1 is 0.397 bits per heavy atom. The standard InChI is InChI=1S/C97H143N7O32/c1-61-87(100-64(4)105)94(134-78(57-126-67(7)108)90(61)130-70(10)111)123-54-27-18-15-24-35-82(114)98-48-30-50-103(84(116)37-26-17-20-29-56-125-96-89(102-66(6)107)63(3)92(132-72(12)113)80(136-96)59-128-69(9)110)52-32-53-104(51-31-49-99-83(115)36-25-16-19-28-55-124-95-88(101-65(5)106)62(2)91(131-71(11)112)79(135-95)58-127-68(8)109)93(120)81(133-86(119)47-46-85(117)118)60-129-97(73-33-22-21-23-34-73,74-38-42-76(121-13)43-39-74)75-40-44-77(122-14)45-41-75/h21-23,33-34,38-45,61-63,78-81,87-92,94-96H,15-20,24-32,35-37,46-60H2,1-14H3,(H,98,114)(H,99,115)(H,100,105)(H,101,106)(H,102,107)(H,117,118)/t61-,62-,63-,78?,79?,80?,81?,87?,88?,89?,90-,91-,92-,94-,95-,96-/m1/s1. The summed E-state index contributed by atoms with van der Waals surface area (Å²) < 4.78 is 94.0. The van der Waals surface area contributed by atoms with E-state index < -0.39 is 176 Å². The summed E-state index contributed by atoms with van der Waals surface area (Å²) in [6.07, 6.45) is -3.50. The van der Waals surface area contributed by atoms with Gasteiger partial charge in [-0.1, -0.05) is 114 Å². The zero-order valence-electron chi connectivity index (χ0n) is 81.1. The van der Waals surface area contributed by atoms with Gasteiger partial charge in [-0.05, 0) is 98.7 Å². The average molecular weight is 1920 g/mol. The second-order valence-electron chi connectivity index (χ2n) is 34.3. The van der Waals surface area contributed by atoms with Gasteiger partial charge in [-0.2, -0.15) is 0 Å². The predicted molar refractivity (Wildman–Crippen MR) is 488 cm³/mol. The zero-order valence-corrected chi connectivity index (χ0v) is 81.1. The first-order chi connectivity index (χ1) is 64.9. The molecule has 3 fully saturated rings. The highest BCUT2D eigenvalue weighted by molar-refractivity contribution is 5.85. The number of nitrogens with one attached hydrogen (secondary N) is 5. The van der Waals surface area contributed by atoms with Crippen LogP contribution in [0, 0.1) is 17.8 Å². The molecule has 0 saturated carbocycles. The van der Waals surface area contributed by atoms with Crippen LogP contribution in [0.3, 0.4) is 0 Å². The van der Waals surface area contributed by atoms with E-state index in [0.717, 1.165) is 0 Å². The third-order valence-electron chi connectivity index (χ3n) is 23.3. The highest BCUT2D eigenvalue weighted by atomic mass is 16.7. The van der Waals surface area contributed by atoms with Crippen molar-refractivity contribution in [1.29, 1.82) is 0 Å². The maximum Gasteiger partial charge on any atom is 0.307 e. The van der Waals surface area contributed by atoms with E-state index in [9.17, 15) is 72.2 Å². The highest BCUT2D eigenvalue weighted by Gasteiger charge is 2.51. The molecule has 16 atom stereocenters. The molecule has 3 aromatic carbocycles. The number of methoxy groups -OCH3 is 2. The molecule has 3 aliphatic heterocycles. The van der Waals surface area contributed by atoms with Crippen molar-refractivity contribution in [2.75, 3.05) is 99.7 Å². The first kappa shape index (κ1) is 114. The molecule has 0 aromatic heterocycles. The molecule has 758 valence electrons. The van der Waals surface area contributed by atoms with Gasteiger partial charge in [0.1, 0.15) is 73.5 Å². The Morgan fingerprint density at radius 3 is 1.10 bits per heavy atom. The lowest BCUT2D eigenvalue weighted by molar-refractivity contribution is -0.262. The van der Waals surface area contributed by atoms with Gasteiger partial charge in [0, 0.05) is 158 Å². The minimum absolute atomic E-state index is 0.0402. The molecular formula is C97H143N7O32. The SMILES string of the molecule is COc1ccc(C(OCC(OC(=O)CCC(=O)O)C(=O)N(CCCNC(=O)CCCCCCO[C@@H]2OC(COC(C)=O)[C@H](OC(C)=O)[C@H](C)C2NC(C)=O)CCCN(CCCNC(=O)CCCCCCO[C@@H]2OC(COC(C)=O)[C@H](OC(C)=O)[C@H](C)C2NC(C)=O)C(=O)CCCCCCO[C@@H]2OC(COC(C)=O)[C@H](OC(C)=O)[C@H](C)C2NC(C)=O)(c2ccccc2)c2ccc(OC)cc2)cc1. The summed E-state index contributed by atoms with van der Waals surface area (Å²) in [5.41, 5.74) is 0.203. The number of ether oxygens (including phenoxy) is 16. The first-order valence-electron chi connectivity index (χ1n) is 47.0. The van der Waals surface area contributed by atoms with Gasteiger partial charge in [0.2, 0.25) is 41.5 Å². The van der Waals surface area contributed by atoms with Crippen LogP contribution in [-0.2, 0) is 144 Å². The summed E-state index contributed by atoms with van der Waals surface area (Å²) in [6, 6.07) is 21.2. The lowest BCUT2D eigenvalue weighted by Crippen LogP contribution is -2.62. The zero-order chi connectivity index (χ0) is 99.8. The number of carboxylic acid groups (broad SMARTS) is 1. The number of carboxylic acids is 1. The van der Waals surface area contributed by atoms with Crippen LogP contribution in [0.2, 0.25) is 0 Å². The summed E-state index contributed by atoms with van der Waals surface area (Å²) in [7, 11) is 3.05. The van der Waals surface area contributed by atoms with Crippen molar-refractivity contribution >= 4 is 89.1 Å².